The van der Waals surface area contributed by atoms with Crippen molar-refractivity contribution in [2.75, 3.05) is 5.32 Å². The molecule has 0 fully saturated rings. The topological polar surface area (TPSA) is 40.7 Å². The van der Waals surface area contributed by atoms with Crippen LogP contribution in [-0.2, 0) is 6.54 Å². The zero-order valence-corrected chi connectivity index (χ0v) is 12.5. The normalized spacial score (nSPS) is 10.9. The van der Waals surface area contributed by atoms with E-state index in [0.29, 0.717) is 27.6 Å². The fourth-order valence-corrected chi connectivity index (χ4v) is 2.71. The molecule has 102 valence electrons. The summed E-state index contributed by atoms with van der Waals surface area (Å²) in [7, 11) is 0. The van der Waals surface area contributed by atoms with Gasteiger partial charge in [-0.1, -0.05) is 34.8 Å². The molecule has 2 N–H and O–H groups in total. The first kappa shape index (κ1) is 13.6. The summed E-state index contributed by atoms with van der Waals surface area (Å²) in [5.74, 6) is 0.679. The molecule has 0 saturated heterocycles. The molecule has 3 rings (SSSR count). The number of H-pyrrole nitrogens is 1. The Labute approximate surface area is 130 Å². The number of hydrogen-bond donors (Lipinski definition) is 2. The summed E-state index contributed by atoms with van der Waals surface area (Å²) in [6.07, 6.45) is 0. The Kier molecular flexibility index (Phi) is 3.74. The maximum Gasteiger partial charge on any atom is 0.201 e. The minimum absolute atomic E-state index is 0.577. The molecule has 2 aromatic carbocycles. The molecule has 1 heterocycles. The molecule has 3 aromatic rings. The largest absolute Gasteiger partial charge is 0.352 e. The van der Waals surface area contributed by atoms with Crippen LogP contribution in [0.2, 0.25) is 15.1 Å². The summed E-state index contributed by atoms with van der Waals surface area (Å²) < 4.78 is 0. The van der Waals surface area contributed by atoms with E-state index in [1.165, 1.54) is 0 Å². The molecule has 0 atom stereocenters. The maximum absolute atomic E-state index is 5.96. The van der Waals surface area contributed by atoms with Crippen LogP contribution in [0, 0.1) is 0 Å². The second-order valence-electron chi connectivity index (χ2n) is 4.38. The van der Waals surface area contributed by atoms with Crippen molar-refractivity contribution in [1.29, 1.82) is 0 Å². The first-order chi connectivity index (χ1) is 9.60. The van der Waals surface area contributed by atoms with Crippen LogP contribution in [0.4, 0.5) is 5.95 Å². The van der Waals surface area contributed by atoms with Crippen molar-refractivity contribution >= 4 is 51.8 Å². The first-order valence-corrected chi connectivity index (χ1v) is 7.08. The molecular formula is C14H10Cl3N3. The highest BCUT2D eigenvalue weighted by Crippen LogP contribution is 2.21. The Balaban J connectivity index is 1.79. The third-order valence-electron chi connectivity index (χ3n) is 2.83. The molecule has 0 spiro atoms. The molecule has 0 aliphatic rings. The van der Waals surface area contributed by atoms with Gasteiger partial charge in [-0.2, -0.15) is 0 Å². The molecular weight excluding hydrogens is 317 g/mol. The lowest BCUT2D eigenvalue weighted by atomic mass is 10.2. The Morgan fingerprint density at radius 1 is 0.950 bits per heavy atom. The summed E-state index contributed by atoms with van der Waals surface area (Å²) in [6.45, 7) is 0.577. The number of anilines is 1. The van der Waals surface area contributed by atoms with Crippen LogP contribution in [-0.4, -0.2) is 9.97 Å². The predicted molar refractivity (Wildman–Crippen MR) is 84.9 cm³/mol. The third-order valence-corrected chi connectivity index (χ3v) is 3.50. The zero-order chi connectivity index (χ0) is 14.1. The van der Waals surface area contributed by atoms with Crippen molar-refractivity contribution in [1.82, 2.24) is 9.97 Å². The number of rotatable bonds is 3. The van der Waals surface area contributed by atoms with E-state index in [0.717, 1.165) is 16.6 Å². The van der Waals surface area contributed by atoms with Crippen LogP contribution in [0.3, 0.4) is 0 Å². The van der Waals surface area contributed by atoms with Gasteiger partial charge in [-0.3, -0.25) is 0 Å². The number of fused-ring (bicyclic) bond motifs is 1. The van der Waals surface area contributed by atoms with Crippen LogP contribution in [0.1, 0.15) is 5.56 Å². The van der Waals surface area contributed by atoms with Gasteiger partial charge in [0, 0.05) is 21.6 Å². The number of aromatic amines is 1. The Bertz CT molecular complexity index is 747. The van der Waals surface area contributed by atoms with Gasteiger partial charge in [0.15, 0.2) is 0 Å². The van der Waals surface area contributed by atoms with Crippen LogP contribution in [0.15, 0.2) is 36.4 Å². The van der Waals surface area contributed by atoms with Crippen molar-refractivity contribution in [3.8, 4) is 0 Å². The lowest BCUT2D eigenvalue weighted by molar-refractivity contribution is 1.10. The maximum atomic E-state index is 5.96. The number of imidazole rings is 1. The molecule has 0 bridgehead atoms. The molecule has 20 heavy (non-hydrogen) atoms. The minimum Gasteiger partial charge on any atom is -0.352 e. The average molecular weight is 327 g/mol. The van der Waals surface area contributed by atoms with E-state index < -0.39 is 0 Å². The Morgan fingerprint density at radius 3 is 2.45 bits per heavy atom. The van der Waals surface area contributed by atoms with E-state index in [4.69, 9.17) is 34.8 Å². The van der Waals surface area contributed by atoms with Crippen LogP contribution < -0.4 is 5.32 Å². The first-order valence-electron chi connectivity index (χ1n) is 5.94. The SMILES string of the molecule is Clc1cc(Cl)cc(CNc2nc3ccc(Cl)cc3[nH]2)c1. The van der Waals surface area contributed by atoms with E-state index in [-0.39, 0.29) is 0 Å². The van der Waals surface area contributed by atoms with E-state index in [9.17, 15) is 0 Å². The van der Waals surface area contributed by atoms with Gasteiger partial charge in [0.25, 0.3) is 0 Å². The summed E-state index contributed by atoms with van der Waals surface area (Å²) >= 11 is 17.9. The standard InChI is InChI=1S/C14H10Cl3N3/c15-9-1-2-12-13(6-9)20-14(19-12)18-7-8-3-10(16)5-11(17)4-8/h1-6H,7H2,(H2,18,19,20). The number of hydrogen-bond acceptors (Lipinski definition) is 2. The molecule has 0 radical (unpaired) electrons. The van der Waals surface area contributed by atoms with Gasteiger partial charge >= 0.3 is 0 Å². The number of nitrogens with zero attached hydrogens (tertiary/aromatic N) is 1. The summed E-state index contributed by atoms with van der Waals surface area (Å²) in [5.41, 5.74) is 2.74. The monoisotopic (exact) mass is 325 g/mol. The van der Waals surface area contributed by atoms with Gasteiger partial charge in [0.05, 0.1) is 11.0 Å². The number of halogens is 3. The Morgan fingerprint density at radius 2 is 1.70 bits per heavy atom. The van der Waals surface area contributed by atoms with Crippen molar-refractivity contribution in [2.24, 2.45) is 0 Å². The highest BCUT2D eigenvalue weighted by molar-refractivity contribution is 6.34. The highest BCUT2D eigenvalue weighted by Gasteiger charge is 2.04. The Hall–Kier alpha value is -1.42. The number of aromatic nitrogens is 2. The van der Waals surface area contributed by atoms with Crippen molar-refractivity contribution in [3.63, 3.8) is 0 Å². The lowest BCUT2D eigenvalue weighted by Gasteiger charge is -2.04. The quantitative estimate of drug-likeness (QED) is 0.700. The van der Waals surface area contributed by atoms with Crippen LogP contribution in [0.25, 0.3) is 11.0 Å². The third kappa shape index (κ3) is 3.01. The van der Waals surface area contributed by atoms with Crippen molar-refractivity contribution < 1.29 is 0 Å². The molecule has 0 aliphatic heterocycles. The fraction of sp³-hybridized carbons (Fsp3) is 0.0714. The summed E-state index contributed by atoms with van der Waals surface area (Å²) in [5, 5.41) is 5.11. The van der Waals surface area contributed by atoms with Gasteiger partial charge in [0.1, 0.15) is 0 Å². The van der Waals surface area contributed by atoms with Gasteiger partial charge in [-0.05, 0) is 42.0 Å². The van der Waals surface area contributed by atoms with E-state index in [1.54, 1.807) is 6.07 Å². The van der Waals surface area contributed by atoms with Crippen LogP contribution >= 0.6 is 34.8 Å². The molecule has 0 aliphatic carbocycles. The highest BCUT2D eigenvalue weighted by atomic mass is 35.5. The predicted octanol–water partition coefficient (Wildman–Crippen LogP) is 5.14. The molecule has 0 amide bonds. The summed E-state index contributed by atoms with van der Waals surface area (Å²) in [4.78, 5) is 7.59. The average Bonchev–Trinajstić information content (AvgIpc) is 2.77. The lowest BCUT2D eigenvalue weighted by Crippen LogP contribution is -2.00. The molecule has 1 aromatic heterocycles. The number of nitrogens with one attached hydrogen (secondary N) is 2. The summed E-state index contributed by atoms with van der Waals surface area (Å²) in [6, 6.07) is 10.9. The minimum atomic E-state index is 0.577. The molecule has 3 nitrogen and oxygen atoms in total. The molecule has 6 heteroatoms. The van der Waals surface area contributed by atoms with E-state index >= 15 is 0 Å². The molecule has 0 saturated carbocycles. The zero-order valence-electron chi connectivity index (χ0n) is 10.3. The molecule has 0 unspecified atom stereocenters. The van der Waals surface area contributed by atoms with Gasteiger partial charge in [0.2, 0.25) is 5.95 Å². The van der Waals surface area contributed by atoms with Crippen molar-refractivity contribution in [2.45, 2.75) is 6.54 Å². The second kappa shape index (κ2) is 5.52. The smallest absolute Gasteiger partial charge is 0.201 e. The fourth-order valence-electron chi connectivity index (χ4n) is 1.96. The van der Waals surface area contributed by atoms with Gasteiger partial charge in [-0.25, -0.2) is 4.98 Å². The van der Waals surface area contributed by atoms with Crippen LogP contribution in [0.5, 0.6) is 0 Å². The van der Waals surface area contributed by atoms with Gasteiger partial charge in [-0.15, -0.1) is 0 Å². The number of benzene rings is 2. The van der Waals surface area contributed by atoms with E-state index in [2.05, 4.69) is 15.3 Å². The van der Waals surface area contributed by atoms with Crippen molar-refractivity contribution in [3.05, 3.63) is 57.0 Å². The second-order valence-corrected chi connectivity index (χ2v) is 5.69. The van der Waals surface area contributed by atoms with E-state index in [1.807, 2.05) is 30.3 Å². The van der Waals surface area contributed by atoms with Gasteiger partial charge < -0.3 is 10.3 Å².